The highest BCUT2D eigenvalue weighted by molar-refractivity contribution is 7.80. The van der Waals surface area contributed by atoms with E-state index < -0.39 is 0 Å². The largest absolute Gasteiger partial charge is 0.483 e. The Morgan fingerprint density at radius 2 is 2.08 bits per heavy atom. The monoisotopic (exact) mass is 369 g/mol. The molecule has 0 bridgehead atoms. The summed E-state index contributed by atoms with van der Waals surface area (Å²) in [6, 6.07) is 5.63. The van der Waals surface area contributed by atoms with Crippen molar-refractivity contribution in [2.45, 2.75) is 45.6 Å². The second kappa shape index (κ2) is 9.08. The summed E-state index contributed by atoms with van der Waals surface area (Å²) in [5, 5.41) is 4.34. The molecule has 2 atom stereocenters. The molecule has 0 aromatic heterocycles. The molecular weight excluding hydrogens is 346 g/mol. The van der Waals surface area contributed by atoms with Crippen molar-refractivity contribution in [2.24, 2.45) is 5.92 Å². The second-order valence-corrected chi connectivity index (χ2v) is 7.06. The van der Waals surface area contributed by atoms with Gasteiger partial charge in [0.25, 0.3) is 5.91 Å². The maximum atomic E-state index is 11.8. The SMILES string of the molecule is Cc1cc(Cl)ccc1OCC(=O)NNC(=S)N[C@H]1CCCC[C@@H]1C. The molecule has 1 aliphatic carbocycles. The van der Waals surface area contributed by atoms with Gasteiger partial charge in [0.05, 0.1) is 0 Å². The third kappa shape index (κ3) is 5.83. The number of aryl methyl sites for hydroxylation is 1. The minimum Gasteiger partial charge on any atom is -0.483 e. The lowest BCUT2D eigenvalue weighted by Crippen LogP contribution is -2.52. The van der Waals surface area contributed by atoms with Crippen LogP contribution in [0.1, 0.15) is 38.2 Å². The minimum atomic E-state index is -0.301. The predicted octanol–water partition coefficient (Wildman–Crippen LogP) is 3.10. The molecule has 0 radical (unpaired) electrons. The molecule has 0 heterocycles. The molecule has 0 aliphatic heterocycles. The lowest BCUT2D eigenvalue weighted by molar-refractivity contribution is -0.123. The maximum Gasteiger partial charge on any atom is 0.276 e. The van der Waals surface area contributed by atoms with Crippen molar-refractivity contribution in [3.05, 3.63) is 28.8 Å². The number of nitrogens with one attached hydrogen (secondary N) is 3. The number of rotatable bonds is 4. The average molecular weight is 370 g/mol. The van der Waals surface area contributed by atoms with Crippen molar-refractivity contribution >= 4 is 34.8 Å². The lowest BCUT2D eigenvalue weighted by Gasteiger charge is -2.30. The van der Waals surface area contributed by atoms with E-state index in [4.69, 9.17) is 28.6 Å². The quantitative estimate of drug-likeness (QED) is 0.562. The fourth-order valence-corrected chi connectivity index (χ4v) is 3.24. The van der Waals surface area contributed by atoms with E-state index in [0.29, 0.717) is 27.8 Å². The van der Waals surface area contributed by atoms with Gasteiger partial charge in [0, 0.05) is 11.1 Å². The number of hydrogen-bond donors (Lipinski definition) is 3. The van der Waals surface area contributed by atoms with Gasteiger partial charge >= 0.3 is 0 Å². The minimum absolute atomic E-state index is 0.0993. The highest BCUT2D eigenvalue weighted by Gasteiger charge is 2.21. The molecule has 0 unspecified atom stereocenters. The summed E-state index contributed by atoms with van der Waals surface area (Å²) in [6.45, 7) is 4.00. The number of amides is 1. The first-order valence-corrected chi connectivity index (χ1v) is 8.98. The van der Waals surface area contributed by atoms with Crippen LogP contribution < -0.4 is 20.9 Å². The molecule has 1 amide bonds. The Morgan fingerprint density at radius 3 is 2.79 bits per heavy atom. The summed E-state index contributed by atoms with van der Waals surface area (Å²) in [7, 11) is 0. The molecule has 132 valence electrons. The van der Waals surface area contributed by atoms with E-state index in [1.54, 1.807) is 18.2 Å². The third-order valence-corrected chi connectivity index (χ3v) is 4.69. The Balaban J connectivity index is 1.69. The zero-order valence-corrected chi connectivity index (χ0v) is 15.6. The average Bonchev–Trinajstić information content (AvgIpc) is 2.54. The Morgan fingerprint density at radius 1 is 1.33 bits per heavy atom. The van der Waals surface area contributed by atoms with Gasteiger partial charge < -0.3 is 10.1 Å². The summed E-state index contributed by atoms with van der Waals surface area (Å²) in [6.07, 6.45) is 4.81. The van der Waals surface area contributed by atoms with E-state index in [-0.39, 0.29) is 12.5 Å². The number of hydrazine groups is 1. The van der Waals surface area contributed by atoms with Crippen molar-refractivity contribution in [1.82, 2.24) is 16.2 Å². The normalized spacial score (nSPS) is 20.1. The van der Waals surface area contributed by atoms with Gasteiger partial charge in [-0.05, 0) is 61.7 Å². The number of benzene rings is 1. The fourth-order valence-electron chi connectivity index (χ4n) is 2.82. The van der Waals surface area contributed by atoms with Crippen molar-refractivity contribution in [3.63, 3.8) is 0 Å². The molecule has 1 aromatic rings. The fraction of sp³-hybridized carbons (Fsp3) is 0.529. The number of halogens is 1. The summed E-state index contributed by atoms with van der Waals surface area (Å²) >= 11 is 11.1. The van der Waals surface area contributed by atoms with Gasteiger partial charge in [-0.1, -0.05) is 31.4 Å². The number of thiocarbonyl (C=S) groups is 1. The van der Waals surface area contributed by atoms with Crippen LogP contribution in [0.3, 0.4) is 0 Å². The van der Waals surface area contributed by atoms with Gasteiger partial charge in [0.1, 0.15) is 5.75 Å². The number of carbonyl (C=O) groups is 1. The molecule has 0 saturated heterocycles. The Labute approximate surface area is 153 Å². The molecule has 5 nitrogen and oxygen atoms in total. The van der Waals surface area contributed by atoms with Crippen LogP contribution in [0.2, 0.25) is 5.02 Å². The van der Waals surface area contributed by atoms with E-state index in [1.165, 1.54) is 19.3 Å². The number of ether oxygens (including phenoxy) is 1. The molecule has 1 aromatic carbocycles. The maximum absolute atomic E-state index is 11.8. The van der Waals surface area contributed by atoms with Gasteiger partial charge in [0.2, 0.25) is 0 Å². The van der Waals surface area contributed by atoms with Crippen molar-refractivity contribution in [1.29, 1.82) is 0 Å². The second-order valence-electron chi connectivity index (χ2n) is 6.21. The van der Waals surface area contributed by atoms with Gasteiger partial charge in [-0.25, -0.2) is 0 Å². The smallest absolute Gasteiger partial charge is 0.276 e. The van der Waals surface area contributed by atoms with Crippen LogP contribution in [-0.2, 0) is 4.79 Å². The van der Waals surface area contributed by atoms with Crippen molar-refractivity contribution < 1.29 is 9.53 Å². The van der Waals surface area contributed by atoms with Crippen LogP contribution in [-0.4, -0.2) is 23.7 Å². The Kier molecular flexibility index (Phi) is 7.12. The zero-order valence-electron chi connectivity index (χ0n) is 14.0. The molecule has 2 rings (SSSR count). The van der Waals surface area contributed by atoms with Crippen LogP contribution in [0.15, 0.2) is 18.2 Å². The molecule has 1 fully saturated rings. The van der Waals surface area contributed by atoms with Crippen molar-refractivity contribution in [3.8, 4) is 5.75 Å². The van der Waals surface area contributed by atoms with Crippen LogP contribution in [0.5, 0.6) is 5.75 Å². The summed E-state index contributed by atoms with van der Waals surface area (Å²) in [4.78, 5) is 11.8. The van der Waals surface area contributed by atoms with Gasteiger partial charge in [-0.15, -0.1) is 0 Å². The van der Waals surface area contributed by atoms with Crippen LogP contribution in [0, 0.1) is 12.8 Å². The Hall–Kier alpha value is -1.53. The highest BCUT2D eigenvalue weighted by Crippen LogP contribution is 2.23. The van der Waals surface area contributed by atoms with Crippen LogP contribution in [0.25, 0.3) is 0 Å². The molecule has 0 spiro atoms. The zero-order chi connectivity index (χ0) is 17.5. The Bertz CT molecular complexity index is 597. The standard InChI is InChI=1S/C17H24ClN3O2S/c1-11-5-3-4-6-14(11)19-17(24)21-20-16(22)10-23-15-8-7-13(18)9-12(15)2/h7-9,11,14H,3-6,10H2,1-2H3,(H,20,22)(H2,19,21,24)/t11-,14-/m0/s1. The van der Waals surface area contributed by atoms with E-state index in [2.05, 4.69) is 23.1 Å². The summed E-state index contributed by atoms with van der Waals surface area (Å²) < 4.78 is 5.48. The van der Waals surface area contributed by atoms with E-state index >= 15 is 0 Å². The van der Waals surface area contributed by atoms with E-state index in [1.807, 2.05) is 6.92 Å². The molecular formula is C17H24ClN3O2S. The van der Waals surface area contributed by atoms with E-state index in [9.17, 15) is 4.79 Å². The first-order chi connectivity index (χ1) is 11.5. The molecule has 7 heteroatoms. The first-order valence-electron chi connectivity index (χ1n) is 8.20. The van der Waals surface area contributed by atoms with Gasteiger partial charge in [-0.3, -0.25) is 15.6 Å². The molecule has 24 heavy (non-hydrogen) atoms. The van der Waals surface area contributed by atoms with Crippen molar-refractivity contribution in [2.75, 3.05) is 6.61 Å². The topological polar surface area (TPSA) is 62.4 Å². The van der Waals surface area contributed by atoms with Crippen LogP contribution in [0.4, 0.5) is 0 Å². The number of hydrogen-bond acceptors (Lipinski definition) is 3. The lowest BCUT2D eigenvalue weighted by atomic mass is 9.86. The summed E-state index contributed by atoms with van der Waals surface area (Å²) in [5.74, 6) is 0.918. The summed E-state index contributed by atoms with van der Waals surface area (Å²) in [5.41, 5.74) is 6.16. The molecule has 3 N–H and O–H groups in total. The van der Waals surface area contributed by atoms with Gasteiger partial charge in [-0.2, -0.15) is 0 Å². The number of carbonyl (C=O) groups excluding carboxylic acids is 1. The highest BCUT2D eigenvalue weighted by atomic mass is 35.5. The molecule has 1 aliphatic rings. The predicted molar refractivity (Wildman–Crippen MR) is 100 cm³/mol. The first kappa shape index (κ1) is 18.8. The molecule has 1 saturated carbocycles. The van der Waals surface area contributed by atoms with Crippen LogP contribution >= 0.6 is 23.8 Å². The van der Waals surface area contributed by atoms with E-state index in [0.717, 1.165) is 12.0 Å². The third-order valence-electron chi connectivity index (χ3n) is 4.24. The van der Waals surface area contributed by atoms with Gasteiger partial charge in [0.15, 0.2) is 11.7 Å².